The first kappa shape index (κ1) is 19.9. The summed E-state index contributed by atoms with van der Waals surface area (Å²) < 4.78 is 4.61. The third-order valence-corrected chi connectivity index (χ3v) is 5.32. The number of ether oxygens (including phenoxy) is 1. The van der Waals surface area contributed by atoms with E-state index < -0.39 is 11.5 Å². The Morgan fingerprint density at radius 1 is 1.21 bits per heavy atom. The van der Waals surface area contributed by atoms with Crippen molar-refractivity contribution in [2.45, 2.75) is 26.7 Å². The number of nitrogens with one attached hydrogen (secondary N) is 1. The number of aromatic nitrogens is 1. The molecule has 0 aliphatic carbocycles. The van der Waals surface area contributed by atoms with Crippen LogP contribution in [0.1, 0.15) is 41.8 Å². The maximum Gasteiger partial charge on any atom is 0.347 e. The Morgan fingerprint density at radius 3 is 2.43 bits per heavy atom. The smallest absolute Gasteiger partial charge is 0.347 e. The van der Waals surface area contributed by atoms with Crippen LogP contribution < -0.4 is 5.56 Å². The van der Waals surface area contributed by atoms with E-state index in [0.717, 1.165) is 37.2 Å². The van der Waals surface area contributed by atoms with Crippen molar-refractivity contribution in [3.8, 4) is 17.0 Å². The molecule has 0 bridgehead atoms. The zero-order valence-electron chi connectivity index (χ0n) is 16.5. The lowest BCUT2D eigenvalue weighted by Gasteiger charge is -2.25. The molecule has 0 saturated carbocycles. The third kappa shape index (κ3) is 3.73. The second-order valence-corrected chi connectivity index (χ2v) is 6.83. The first-order valence-corrected chi connectivity index (χ1v) is 9.58. The van der Waals surface area contributed by atoms with Crippen LogP contribution >= 0.6 is 0 Å². The number of rotatable bonds is 5. The normalized spacial score (nSPS) is 14.6. The van der Waals surface area contributed by atoms with Gasteiger partial charge in [-0.05, 0) is 36.1 Å². The van der Waals surface area contributed by atoms with Crippen LogP contribution in [0, 0.1) is 0 Å². The van der Waals surface area contributed by atoms with Crippen LogP contribution in [-0.2, 0) is 11.2 Å². The molecule has 0 radical (unpaired) electrons. The SMILES string of the molecule is CCc1c(-c2ccc(C3=CCN(CC)CC3)cc2)[nH]c(=O)c(C(=O)OC)c1O. The molecule has 1 aliphatic heterocycles. The highest BCUT2D eigenvalue weighted by Crippen LogP contribution is 2.31. The molecule has 0 atom stereocenters. The van der Waals surface area contributed by atoms with Crippen LogP contribution in [0.5, 0.6) is 5.75 Å². The predicted molar refractivity (Wildman–Crippen MR) is 110 cm³/mol. The summed E-state index contributed by atoms with van der Waals surface area (Å²) in [5, 5.41) is 10.5. The molecule has 1 aliphatic rings. The maximum absolute atomic E-state index is 12.3. The minimum atomic E-state index is -0.847. The zero-order valence-corrected chi connectivity index (χ0v) is 16.5. The number of nitrogens with zero attached hydrogens (tertiary/aromatic N) is 1. The molecule has 6 heteroatoms. The van der Waals surface area contributed by atoms with E-state index >= 15 is 0 Å². The first-order chi connectivity index (χ1) is 13.5. The number of aromatic hydroxyl groups is 1. The number of benzene rings is 1. The molecule has 3 rings (SSSR count). The maximum atomic E-state index is 12.3. The molecule has 0 fully saturated rings. The molecule has 2 heterocycles. The summed E-state index contributed by atoms with van der Waals surface area (Å²) in [6.45, 7) is 7.10. The summed E-state index contributed by atoms with van der Waals surface area (Å²) in [5.74, 6) is -1.16. The monoisotopic (exact) mass is 382 g/mol. The molecule has 0 unspecified atom stereocenters. The Hall–Kier alpha value is -2.86. The van der Waals surface area contributed by atoms with E-state index in [-0.39, 0.29) is 11.3 Å². The van der Waals surface area contributed by atoms with E-state index in [0.29, 0.717) is 17.7 Å². The van der Waals surface area contributed by atoms with Crippen molar-refractivity contribution in [1.29, 1.82) is 0 Å². The van der Waals surface area contributed by atoms with Crippen LogP contribution in [0.3, 0.4) is 0 Å². The van der Waals surface area contributed by atoms with E-state index in [1.54, 1.807) is 0 Å². The van der Waals surface area contributed by atoms with Crippen molar-refractivity contribution in [1.82, 2.24) is 9.88 Å². The number of carbonyl (C=O) groups excluding carboxylic acids is 1. The van der Waals surface area contributed by atoms with Gasteiger partial charge in [-0.15, -0.1) is 0 Å². The number of carbonyl (C=O) groups is 1. The summed E-state index contributed by atoms with van der Waals surface area (Å²) in [6.07, 6.45) is 3.73. The molecule has 0 saturated heterocycles. The van der Waals surface area contributed by atoms with Gasteiger partial charge in [-0.25, -0.2) is 4.79 Å². The molecule has 6 nitrogen and oxygen atoms in total. The molecule has 2 N–H and O–H groups in total. The predicted octanol–water partition coefficient (Wildman–Crippen LogP) is 3.21. The summed E-state index contributed by atoms with van der Waals surface area (Å²) in [6, 6.07) is 7.94. The Morgan fingerprint density at radius 2 is 1.89 bits per heavy atom. The van der Waals surface area contributed by atoms with Crippen LogP contribution in [0.2, 0.25) is 0 Å². The second-order valence-electron chi connectivity index (χ2n) is 6.83. The standard InChI is InChI=1S/C22H26N2O4/c1-4-17-19(23-21(26)18(20(17)25)22(27)28-3)16-8-6-14(7-9-16)15-10-12-24(5-2)13-11-15/h6-10H,4-5,11-13H2,1-3H3,(H2,23,25,26). The Bertz CT molecular complexity index is 958. The molecule has 28 heavy (non-hydrogen) atoms. The van der Waals surface area contributed by atoms with E-state index in [1.807, 2.05) is 31.2 Å². The lowest BCUT2D eigenvalue weighted by Crippen LogP contribution is -2.27. The number of pyridine rings is 1. The number of methoxy groups -OCH3 is 1. The van der Waals surface area contributed by atoms with Gasteiger partial charge in [-0.3, -0.25) is 9.69 Å². The lowest BCUT2D eigenvalue weighted by molar-refractivity contribution is 0.0595. The Labute approximate surface area is 164 Å². The van der Waals surface area contributed by atoms with Crippen molar-refractivity contribution in [2.75, 3.05) is 26.7 Å². The fourth-order valence-corrected chi connectivity index (χ4v) is 3.62. The van der Waals surface area contributed by atoms with Gasteiger partial charge in [0.15, 0.2) is 5.56 Å². The van der Waals surface area contributed by atoms with Crippen LogP contribution in [0.4, 0.5) is 0 Å². The summed E-state index contributed by atoms with van der Waals surface area (Å²) in [4.78, 5) is 29.3. The van der Waals surface area contributed by atoms with Crippen LogP contribution in [0.15, 0.2) is 35.1 Å². The average Bonchev–Trinajstić information content (AvgIpc) is 2.73. The van der Waals surface area contributed by atoms with E-state index in [4.69, 9.17) is 0 Å². The van der Waals surface area contributed by atoms with E-state index in [1.165, 1.54) is 12.7 Å². The van der Waals surface area contributed by atoms with Gasteiger partial charge in [-0.1, -0.05) is 44.2 Å². The largest absolute Gasteiger partial charge is 0.506 e. The van der Waals surface area contributed by atoms with Crippen molar-refractivity contribution in [2.24, 2.45) is 0 Å². The fourth-order valence-electron chi connectivity index (χ4n) is 3.62. The molecular formula is C22H26N2O4. The van der Waals surface area contributed by atoms with Gasteiger partial charge in [-0.2, -0.15) is 0 Å². The molecule has 2 aromatic rings. The van der Waals surface area contributed by atoms with E-state index in [9.17, 15) is 14.7 Å². The van der Waals surface area contributed by atoms with Crippen molar-refractivity contribution in [3.63, 3.8) is 0 Å². The minimum absolute atomic E-state index is 0.313. The zero-order chi connectivity index (χ0) is 20.3. The number of hydrogen-bond acceptors (Lipinski definition) is 5. The lowest BCUT2D eigenvalue weighted by atomic mass is 9.96. The summed E-state index contributed by atoms with van der Waals surface area (Å²) in [5.41, 5.74) is 3.31. The number of hydrogen-bond donors (Lipinski definition) is 2. The number of esters is 1. The number of aromatic amines is 1. The van der Waals surface area contributed by atoms with Gasteiger partial charge in [0.25, 0.3) is 5.56 Å². The van der Waals surface area contributed by atoms with Crippen molar-refractivity contribution < 1.29 is 14.6 Å². The van der Waals surface area contributed by atoms with Crippen molar-refractivity contribution in [3.05, 3.63) is 57.4 Å². The van der Waals surface area contributed by atoms with Gasteiger partial charge in [0.05, 0.1) is 12.8 Å². The van der Waals surface area contributed by atoms with Gasteiger partial charge >= 0.3 is 5.97 Å². The van der Waals surface area contributed by atoms with Gasteiger partial charge in [0, 0.05) is 18.7 Å². The van der Waals surface area contributed by atoms with Gasteiger partial charge in [0.2, 0.25) is 0 Å². The van der Waals surface area contributed by atoms with E-state index in [2.05, 4.69) is 27.6 Å². The highest BCUT2D eigenvalue weighted by atomic mass is 16.5. The van der Waals surface area contributed by atoms with Crippen LogP contribution in [0.25, 0.3) is 16.8 Å². The molecule has 0 spiro atoms. The van der Waals surface area contributed by atoms with Crippen molar-refractivity contribution >= 4 is 11.5 Å². The second kappa shape index (κ2) is 8.44. The molecule has 1 aromatic heterocycles. The topological polar surface area (TPSA) is 82.6 Å². The summed E-state index contributed by atoms with van der Waals surface area (Å²) in [7, 11) is 1.18. The minimum Gasteiger partial charge on any atom is -0.506 e. The molecule has 148 valence electrons. The Balaban J connectivity index is 1.97. The average molecular weight is 382 g/mol. The third-order valence-electron chi connectivity index (χ3n) is 5.32. The summed E-state index contributed by atoms with van der Waals surface area (Å²) >= 11 is 0. The Kier molecular flexibility index (Phi) is 5.99. The fraction of sp³-hybridized carbons (Fsp3) is 0.364. The highest BCUT2D eigenvalue weighted by molar-refractivity contribution is 5.93. The molecule has 1 aromatic carbocycles. The molecular weight excluding hydrogens is 356 g/mol. The molecule has 0 amide bonds. The highest BCUT2D eigenvalue weighted by Gasteiger charge is 2.23. The van der Waals surface area contributed by atoms with Gasteiger partial charge < -0.3 is 14.8 Å². The first-order valence-electron chi connectivity index (χ1n) is 9.58. The quantitative estimate of drug-likeness (QED) is 0.776. The number of likely N-dealkylation sites (N-methyl/N-ethyl adjacent to an activating group) is 1. The van der Waals surface area contributed by atoms with Gasteiger partial charge in [0.1, 0.15) is 5.75 Å². The number of H-pyrrole nitrogens is 1. The van der Waals surface area contributed by atoms with Crippen LogP contribution in [-0.4, -0.2) is 47.7 Å².